The highest BCUT2D eigenvalue weighted by Gasteiger charge is 2.07. The maximum absolute atomic E-state index is 12.7. The molecule has 6 heteroatoms. The summed E-state index contributed by atoms with van der Waals surface area (Å²) in [4.78, 5) is 0.317. The van der Waals surface area contributed by atoms with Crippen molar-refractivity contribution in [3.63, 3.8) is 0 Å². The Morgan fingerprint density at radius 3 is 2.39 bits per heavy atom. The molecule has 0 bridgehead atoms. The Bertz CT molecular complexity index is 700. The molecule has 2 aromatic rings. The van der Waals surface area contributed by atoms with Crippen molar-refractivity contribution in [1.82, 2.24) is 0 Å². The largest absolute Gasteiger partial charge is 0.355 e. The summed E-state index contributed by atoms with van der Waals surface area (Å²) in [6.45, 7) is 1.33. The van der Waals surface area contributed by atoms with E-state index < -0.39 is 23.8 Å². The zero-order valence-corrected chi connectivity index (χ0v) is 13.5. The van der Waals surface area contributed by atoms with Gasteiger partial charge in [-0.25, -0.2) is 8.60 Å². The maximum Gasteiger partial charge on any atom is 0.186 e. The lowest BCUT2D eigenvalue weighted by Crippen LogP contribution is -2.20. The number of halogens is 1. The molecule has 0 aliphatic rings. The third-order valence-corrected chi connectivity index (χ3v) is 3.93. The second-order valence-corrected chi connectivity index (χ2v) is 6.13. The standard InChI is InChI=1S/C17H19FN2O2S/c1-12-2-4-13(5-3-12)17(10-14(19)11-18)20-15-6-8-16(9-7-15)23(21)22/h2-10,14,20H,11,19H2,1H3,(H,21,22)/b17-10-. The van der Waals surface area contributed by atoms with Crippen molar-refractivity contribution in [1.29, 1.82) is 0 Å². The van der Waals surface area contributed by atoms with E-state index >= 15 is 0 Å². The predicted octanol–water partition coefficient (Wildman–Crippen LogP) is 3.33. The minimum Gasteiger partial charge on any atom is -0.355 e. The lowest BCUT2D eigenvalue weighted by molar-refractivity contribution is 0.465. The summed E-state index contributed by atoms with van der Waals surface area (Å²) in [7, 11) is 0. The molecule has 2 rings (SSSR count). The molecule has 0 heterocycles. The van der Waals surface area contributed by atoms with Gasteiger partial charge in [0.15, 0.2) is 11.1 Å². The van der Waals surface area contributed by atoms with Gasteiger partial charge < -0.3 is 15.6 Å². The summed E-state index contributed by atoms with van der Waals surface area (Å²) in [6.07, 6.45) is 1.63. The maximum atomic E-state index is 12.7. The highest BCUT2D eigenvalue weighted by molar-refractivity contribution is 7.79. The molecule has 0 aromatic heterocycles. The first kappa shape index (κ1) is 17.3. The molecule has 2 unspecified atom stereocenters. The van der Waals surface area contributed by atoms with E-state index in [1.165, 1.54) is 0 Å². The van der Waals surface area contributed by atoms with E-state index in [0.717, 1.165) is 16.8 Å². The molecule has 0 saturated heterocycles. The van der Waals surface area contributed by atoms with Crippen LogP contribution in [0.5, 0.6) is 0 Å². The van der Waals surface area contributed by atoms with Crippen LogP contribution in [0.25, 0.3) is 5.70 Å². The number of benzene rings is 2. The second-order valence-electron chi connectivity index (χ2n) is 5.16. The Labute approximate surface area is 137 Å². The van der Waals surface area contributed by atoms with Crippen LogP contribution < -0.4 is 11.1 Å². The summed E-state index contributed by atoms with van der Waals surface area (Å²) in [5.41, 5.74) is 9.11. The summed E-state index contributed by atoms with van der Waals surface area (Å²) in [5, 5.41) is 3.18. The van der Waals surface area contributed by atoms with E-state index in [1.807, 2.05) is 31.2 Å². The van der Waals surface area contributed by atoms with E-state index in [9.17, 15) is 8.60 Å². The number of nitrogens with one attached hydrogen (secondary N) is 1. The normalized spacial score (nSPS) is 14.3. The van der Waals surface area contributed by atoms with Crippen LogP contribution in [0.2, 0.25) is 0 Å². The van der Waals surface area contributed by atoms with Crippen LogP contribution in [-0.2, 0) is 11.1 Å². The van der Waals surface area contributed by atoms with Crippen LogP contribution in [0.1, 0.15) is 11.1 Å². The van der Waals surface area contributed by atoms with Gasteiger partial charge >= 0.3 is 0 Å². The van der Waals surface area contributed by atoms with Crippen LogP contribution in [0.4, 0.5) is 10.1 Å². The van der Waals surface area contributed by atoms with E-state index in [2.05, 4.69) is 5.32 Å². The van der Waals surface area contributed by atoms with Gasteiger partial charge in [-0.05, 0) is 42.8 Å². The van der Waals surface area contributed by atoms with E-state index in [-0.39, 0.29) is 0 Å². The molecule has 0 aliphatic carbocycles. The van der Waals surface area contributed by atoms with Gasteiger partial charge in [-0.15, -0.1) is 0 Å². The fourth-order valence-electron chi connectivity index (χ4n) is 2.01. The van der Waals surface area contributed by atoms with Crippen LogP contribution in [0, 0.1) is 6.92 Å². The van der Waals surface area contributed by atoms with Crippen molar-refractivity contribution in [2.45, 2.75) is 17.9 Å². The Morgan fingerprint density at radius 2 is 1.87 bits per heavy atom. The van der Waals surface area contributed by atoms with Gasteiger partial charge in [-0.2, -0.15) is 0 Å². The van der Waals surface area contributed by atoms with E-state index in [4.69, 9.17) is 10.3 Å². The van der Waals surface area contributed by atoms with Gasteiger partial charge in [0, 0.05) is 11.4 Å². The fraction of sp³-hybridized carbons (Fsp3) is 0.176. The number of nitrogens with two attached hydrogens (primary N) is 1. The van der Waals surface area contributed by atoms with E-state index in [0.29, 0.717) is 10.6 Å². The van der Waals surface area contributed by atoms with Crippen molar-refractivity contribution in [3.05, 3.63) is 65.7 Å². The molecule has 4 N–H and O–H groups in total. The number of rotatable bonds is 6. The highest BCUT2D eigenvalue weighted by Crippen LogP contribution is 2.21. The lowest BCUT2D eigenvalue weighted by Gasteiger charge is -2.14. The molecule has 0 fully saturated rings. The summed E-state index contributed by atoms with van der Waals surface area (Å²) in [5.74, 6) is 0. The highest BCUT2D eigenvalue weighted by atomic mass is 32.2. The zero-order valence-electron chi connectivity index (χ0n) is 12.7. The summed E-state index contributed by atoms with van der Waals surface area (Å²) < 4.78 is 32.8. The van der Waals surface area contributed by atoms with Crippen molar-refractivity contribution in [2.75, 3.05) is 12.0 Å². The number of hydrogen-bond donors (Lipinski definition) is 3. The summed E-state index contributed by atoms with van der Waals surface area (Å²) in [6, 6.07) is 13.6. The molecule has 122 valence electrons. The van der Waals surface area contributed by atoms with Gasteiger partial charge in [0.2, 0.25) is 0 Å². The second kappa shape index (κ2) is 8.01. The molecule has 2 atom stereocenters. The molecule has 0 saturated carbocycles. The summed E-state index contributed by atoms with van der Waals surface area (Å²) >= 11 is -2.01. The molecule has 0 spiro atoms. The Hall–Kier alpha value is -2.02. The first-order valence-corrected chi connectivity index (χ1v) is 8.18. The third-order valence-electron chi connectivity index (χ3n) is 3.26. The lowest BCUT2D eigenvalue weighted by atomic mass is 10.1. The first-order valence-electron chi connectivity index (χ1n) is 7.08. The SMILES string of the molecule is Cc1ccc(/C(=C/C(N)CF)Nc2ccc(S(=O)O)cc2)cc1. The van der Waals surface area contributed by atoms with Crippen LogP contribution in [0.15, 0.2) is 59.5 Å². The van der Waals surface area contributed by atoms with Crippen LogP contribution >= 0.6 is 0 Å². The number of alkyl halides is 1. The van der Waals surface area contributed by atoms with Crippen molar-refractivity contribution >= 4 is 22.5 Å². The van der Waals surface area contributed by atoms with Gasteiger partial charge in [0.25, 0.3) is 0 Å². The predicted molar refractivity (Wildman–Crippen MR) is 92.2 cm³/mol. The average Bonchev–Trinajstić information content (AvgIpc) is 2.55. The Morgan fingerprint density at radius 1 is 1.26 bits per heavy atom. The molecule has 0 amide bonds. The van der Waals surface area contributed by atoms with Crippen LogP contribution in [0.3, 0.4) is 0 Å². The minimum atomic E-state index is -2.01. The fourth-order valence-corrected chi connectivity index (χ4v) is 2.38. The molecule has 2 aromatic carbocycles. The molecular formula is C17H19FN2O2S. The smallest absolute Gasteiger partial charge is 0.186 e. The number of anilines is 1. The van der Waals surface area contributed by atoms with Gasteiger partial charge in [0.1, 0.15) is 6.67 Å². The molecule has 4 nitrogen and oxygen atoms in total. The minimum absolute atomic E-state index is 0.317. The van der Waals surface area contributed by atoms with Crippen molar-refractivity contribution in [3.8, 4) is 0 Å². The van der Waals surface area contributed by atoms with E-state index in [1.54, 1.807) is 30.3 Å². The average molecular weight is 334 g/mol. The molecule has 0 aliphatic heterocycles. The zero-order chi connectivity index (χ0) is 16.8. The number of aryl methyl sites for hydroxylation is 1. The molecule has 23 heavy (non-hydrogen) atoms. The monoisotopic (exact) mass is 334 g/mol. The van der Waals surface area contributed by atoms with Crippen molar-refractivity contribution < 1.29 is 13.2 Å². The molecule has 0 radical (unpaired) electrons. The number of hydrogen-bond acceptors (Lipinski definition) is 3. The molecular weight excluding hydrogens is 315 g/mol. The Balaban J connectivity index is 2.29. The van der Waals surface area contributed by atoms with Gasteiger partial charge in [-0.3, -0.25) is 0 Å². The van der Waals surface area contributed by atoms with Crippen LogP contribution in [-0.4, -0.2) is 21.5 Å². The topological polar surface area (TPSA) is 75.3 Å². The van der Waals surface area contributed by atoms with Gasteiger partial charge in [-0.1, -0.05) is 29.8 Å². The Kier molecular flexibility index (Phi) is 6.04. The first-order chi connectivity index (χ1) is 11.0. The van der Waals surface area contributed by atoms with Gasteiger partial charge in [0.05, 0.1) is 10.9 Å². The van der Waals surface area contributed by atoms with Crippen molar-refractivity contribution in [2.24, 2.45) is 5.73 Å². The third kappa shape index (κ3) is 4.99. The quantitative estimate of drug-likeness (QED) is 0.708.